The maximum atomic E-state index is 6.11. The highest BCUT2D eigenvalue weighted by atomic mass is 32.1. The molecule has 0 aliphatic rings. The lowest BCUT2D eigenvalue weighted by Crippen LogP contribution is -1.97. The standard InChI is InChI=1S/C12H11N3S2/c1-15-12(13)10(9-3-2-5-17-9)11(14-15)8-4-6-16-7-8/h2-7H,13H2,1H3. The van der Waals surface area contributed by atoms with Gasteiger partial charge in [-0.15, -0.1) is 11.3 Å². The Morgan fingerprint density at radius 1 is 1.29 bits per heavy atom. The van der Waals surface area contributed by atoms with Crippen molar-refractivity contribution in [3.05, 3.63) is 34.3 Å². The van der Waals surface area contributed by atoms with Gasteiger partial charge in [0.25, 0.3) is 0 Å². The molecule has 0 radical (unpaired) electrons. The van der Waals surface area contributed by atoms with Gasteiger partial charge in [0, 0.05) is 22.9 Å². The predicted octanol–water partition coefficient (Wildman–Crippen LogP) is 3.46. The molecule has 0 bridgehead atoms. The first kappa shape index (κ1) is 10.6. The zero-order valence-corrected chi connectivity index (χ0v) is 10.9. The SMILES string of the molecule is Cn1nc(-c2ccsc2)c(-c2cccs2)c1N. The molecule has 0 fully saturated rings. The van der Waals surface area contributed by atoms with Crippen molar-refractivity contribution in [1.82, 2.24) is 9.78 Å². The van der Waals surface area contributed by atoms with E-state index in [1.807, 2.05) is 13.1 Å². The third-order valence-corrected chi connectivity index (χ3v) is 4.22. The lowest BCUT2D eigenvalue weighted by molar-refractivity contribution is 0.782. The Morgan fingerprint density at radius 2 is 2.18 bits per heavy atom. The van der Waals surface area contributed by atoms with Crippen LogP contribution < -0.4 is 5.73 Å². The van der Waals surface area contributed by atoms with Crippen molar-refractivity contribution < 1.29 is 0 Å². The molecule has 17 heavy (non-hydrogen) atoms. The summed E-state index contributed by atoms with van der Waals surface area (Å²) in [4.78, 5) is 1.16. The van der Waals surface area contributed by atoms with Crippen LogP contribution in [0.5, 0.6) is 0 Å². The summed E-state index contributed by atoms with van der Waals surface area (Å²) in [5, 5.41) is 10.7. The van der Waals surface area contributed by atoms with E-state index < -0.39 is 0 Å². The summed E-state index contributed by atoms with van der Waals surface area (Å²) in [6.45, 7) is 0. The van der Waals surface area contributed by atoms with Gasteiger partial charge in [-0.05, 0) is 22.9 Å². The van der Waals surface area contributed by atoms with Gasteiger partial charge in [-0.25, -0.2) is 0 Å². The van der Waals surface area contributed by atoms with E-state index in [9.17, 15) is 0 Å². The van der Waals surface area contributed by atoms with Crippen LogP contribution in [0.15, 0.2) is 34.3 Å². The summed E-state index contributed by atoms with van der Waals surface area (Å²) in [6, 6.07) is 6.18. The van der Waals surface area contributed by atoms with Crippen molar-refractivity contribution in [2.24, 2.45) is 7.05 Å². The smallest absolute Gasteiger partial charge is 0.130 e. The number of nitrogens with zero attached hydrogens (tertiary/aromatic N) is 2. The highest BCUT2D eigenvalue weighted by Crippen LogP contribution is 2.38. The molecule has 3 rings (SSSR count). The number of thiophene rings is 2. The van der Waals surface area contributed by atoms with E-state index in [2.05, 4.69) is 33.4 Å². The highest BCUT2D eigenvalue weighted by molar-refractivity contribution is 7.13. The molecule has 0 atom stereocenters. The van der Waals surface area contributed by atoms with Crippen LogP contribution in [0.3, 0.4) is 0 Å². The van der Waals surface area contributed by atoms with Crippen LogP contribution >= 0.6 is 22.7 Å². The Bertz CT molecular complexity index is 621. The molecule has 5 heteroatoms. The number of anilines is 1. The molecule has 0 aliphatic heterocycles. The van der Waals surface area contributed by atoms with E-state index in [4.69, 9.17) is 5.73 Å². The fraction of sp³-hybridized carbons (Fsp3) is 0.0833. The molecule has 0 unspecified atom stereocenters. The molecular weight excluding hydrogens is 250 g/mol. The lowest BCUT2D eigenvalue weighted by Gasteiger charge is -1.99. The molecule has 0 saturated heterocycles. The molecular formula is C12H11N3S2. The molecule has 0 amide bonds. The van der Waals surface area contributed by atoms with Crippen molar-refractivity contribution >= 4 is 28.5 Å². The minimum atomic E-state index is 0.716. The van der Waals surface area contributed by atoms with E-state index in [-0.39, 0.29) is 0 Å². The van der Waals surface area contributed by atoms with E-state index in [1.165, 1.54) is 0 Å². The largest absolute Gasteiger partial charge is 0.383 e. The summed E-state index contributed by atoms with van der Waals surface area (Å²) in [5.41, 5.74) is 9.25. The zero-order valence-electron chi connectivity index (χ0n) is 9.25. The van der Waals surface area contributed by atoms with E-state index in [0.717, 1.165) is 21.7 Å². The number of rotatable bonds is 2. The van der Waals surface area contributed by atoms with Gasteiger partial charge in [0.2, 0.25) is 0 Å². The Morgan fingerprint density at radius 3 is 2.82 bits per heavy atom. The van der Waals surface area contributed by atoms with Crippen LogP contribution in [0.4, 0.5) is 5.82 Å². The minimum absolute atomic E-state index is 0.716. The van der Waals surface area contributed by atoms with Crippen molar-refractivity contribution in [1.29, 1.82) is 0 Å². The van der Waals surface area contributed by atoms with E-state index in [0.29, 0.717) is 5.82 Å². The molecule has 0 spiro atoms. The van der Waals surface area contributed by atoms with Crippen molar-refractivity contribution in [2.75, 3.05) is 5.73 Å². The van der Waals surface area contributed by atoms with Gasteiger partial charge in [0.15, 0.2) is 0 Å². The summed E-state index contributed by atoms with van der Waals surface area (Å²) in [6.07, 6.45) is 0. The van der Waals surface area contributed by atoms with Crippen LogP contribution in [0.2, 0.25) is 0 Å². The van der Waals surface area contributed by atoms with Gasteiger partial charge in [-0.2, -0.15) is 16.4 Å². The normalized spacial score (nSPS) is 10.9. The molecule has 3 nitrogen and oxygen atoms in total. The molecule has 2 N–H and O–H groups in total. The van der Waals surface area contributed by atoms with Gasteiger partial charge in [0.05, 0.1) is 5.56 Å². The molecule has 0 saturated carbocycles. The predicted molar refractivity (Wildman–Crippen MR) is 74.2 cm³/mol. The molecule has 0 aromatic carbocycles. The maximum absolute atomic E-state index is 6.11. The summed E-state index contributed by atoms with van der Waals surface area (Å²) < 4.78 is 1.74. The van der Waals surface area contributed by atoms with Crippen molar-refractivity contribution in [3.8, 4) is 21.7 Å². The Kier molecular flexibility index (Phi) is 2.49. The van der Waals surface area contributed by atoms with E-state index in [1.54, 1.807) is 27.4 Å². The number of aryl methyl sites for hydroxylation is 1. The number of nitrogen functional groups attached to an aromatic ring is 1. The van der Waals surface area contributed by atoms with E-state index >= 15 is 0 Å². The third kappa shape index (κ3) is 1.67. The zero-order chi connectivity index (χ0) is 11.8. The monoisotopic (exact) mass is 261 g/mol. The van der Waals surface area contributed by atoms with Crippen LogP contribution in [0.1, 0.15) is 0 Å². The van der Waals surface area contributed by atoms with Crippen molar-refractivity contribution in [3.63, 3.8) is 0 Å². The number of nitrogens with two attached hydrogens (primary N) is 1. The van der Waals surface area contributed by atoms with Crippen LogP contribution in [0, 0.1) is 0 Å². The summed E-state index contributed by atoms with van der Waals surface area (Å²) in [7, 11) is 1.88. The Hall–Kier alpha value is -1.59. The van der Waals surface area contributed by atoms with Gasteiger partial charge in [0.1, 0.15) is 11.5 Å². The Balaban J connectivity index is 2.26. The fourth-order valence-electron chi connectivity index (χ4n) is 1.80. The summed E-state index contributed by atoms with van der Waals surface area (Å²) >= 11 is 3.35. The van der Waals surface area contributed by atoms with Crippen LogP contribution in [-0.4, -0.2) is 9.78 Å². The Labute approximate surface area is 107 Å². The number of hydrogen-bond donors (Lipinski definition) is 1. The third-order valence-electron chi connectivity index (χ3n) is 2.65. The second-order valence-electron chi connectivity index (χ2n) is 3.72. The number of aromatic nitrogens is 2. The lowest BCUT2D eigenvalue weighted by atomic mass is 10.1. The number of hydrogen-bond acceptors (Lipinski definition) is 4. The second kappa shape index (κ2) is 4.01. The maximum Gasteiger partial charge on any atom is 0.130 e. The first-order chi connectivity index (χ1) is 8.27. The van der Waals surface area contributed by atoms with Crippen LogP contribution in [-0.2, 0) is 7.05 Å². The second-order valence-corrected chi connectivity index (χ2v) is 5.45. The minimum Gasteiger partial charge on any atom is -0.383 e. The average molecular weight is 261 g/mol. The summed E-state index contributed by atoms with van der Waals surface area (Å²) in [5.74, 6) is 0.716. The van der Waals surface area contributed by atoms with Crippen LogP contribution in [0.25, 0.3) is 21.7 Å². The molecule has 3 aromatic rings. The topological polar surface area (TPSA) is 43.8 Å². The first-order valence-corrected chi connectivity index (χ1v) is 6.98. The van der Waals surface area contributed by atoms with Gasteiger partial charge >= 0.3 is 0 Å². The highest BCUT2D eigenvalue weighted by Gasteiger charge is 2.17. The molecule has 86 valence electrons. The molecule has 0 aliphatic carbocycles. The van der Waals surface area contributed by atoms with Gasteiger partial charge in [-0.1, -0.05) is 6.07 Å². The van der Waals surface area contributed by atoms with Crippen molar-refractivity contribution in [2.45, 2.75) is 0 Å². The van der Waals surface area contributed by atoms with Gasteiger partial charge in [-0.3, -0.25) is 4.68 Å². The molecule has 3 aromatic heterocycles. The van der Waals surface area contributed by atoms with Gasteiger partial charge < -0.3 is 5.73 Å². The molecule has 3 heterocycles. The fourth-order valence-corrected chi connectivity index (χ4v) is 3.22. The first-order valence-electron chi connectivity index (χ1n) is 5.16. The quantitative estimate of drug-likeness (QED) is 0.767. The average Bonchev–Trinajstić information content (AvgIpc) is 3.01.